The number of aromatic nitrogens is 1. The molecule has 1 aromatic rings. The van der Waals surface area contributed by atoms with Crippen molar-refractivity contribution >= 4 is 11.6 Å². The van der Waals surface area contributed by atoms with Crippen LogP contribution in [0.2, 0.25) is 0 Å². The van der Waals surface area contributed by atoms with Crippen LogP contribution in [-0.2, 0) is 0 Å². The molecule has 0 aliphatic carbocycles. The number of amides is 1. The maximum atomic E-state index is 12.0. The van der Waals surface area contributed by atoms with Gasteiger partial charge in [0.25, 0.3) is 5.91 Å². The summed E-state index contributed by atoms with van der Waals surface area (Å²) < 4.78 is 0. The van der Waals surface area contributed by atoms with Crippen LogP contribution in [0.4, 0.5) is 5.69 Å². The molecule has 116 valence electrons. The van der Waals surface area contributed by atoms with Crippen LogP contribution < -0.4 is 10.2 Å². The fraction of sp³-hybridized carbons (Fsp3) is 0.647. The van der Waals surface area contributed by atoms with Crippen LogP contribution in [0.1, 0.15) is 56.4 Å². The molecule has 2 heterocycles. The minimum absolute atomic E-state index is 0.0651. The van der Waals surface area contributed by atoms with Gasteiger partial charge >= 0.3 is 0 Å². The zero-order valence-corrected chi connectivity index (χ0v) is 13.3. The molecule has 0 radical (unpaired) electrons. The van der Waals surface area contributed by atoms with Crippen LogP contribution in [0.3, 0.4) is 0 Å². The fourth-order valence-corrected chi connectivity index (χ4v) is 2.80. The summed E-state index contributed by atoms with van der Waals surface area (Å²) in [5.74, 6) is 0.671. The van der Waals surface area contributed by atoms with E-state index in [1.54, 1.807) is 0 Å². The molecular formula is C17H27N3O. The minimum Gasteiger partial charge on any atom is -0.370 e. The van der Waals surface area contributed by atoms with E-state index in [4.69, 9.17) is 0 Å². The molecule has 1 unspecified atom stereocenters. The Bertz CT molecular complexity index is 444. The predicted molar refractivity (Wildman–Crippen MR) is 86.7 cm³/mol. The smallest absolute Gasteiger partial charge is 0.269 e. The molecule has 1 aliphatic rings. The van der Waals surface area contributed by atoms with E-state index in [9.17, 15) is 4.79 Å². The van der Waals surface area contributed by atoms with E-state index in [0.717, 1.165) is 50.5 Å². The Labute approximate surface area is 127 Å². The fourth-order valence-electron chi connectivity index (χ4n) is 2.80. The summed E-state index contributed by atoms with van der Waals surface area (Å²) in [5.41, 5.74) is 1.64. The van der Waals surface area contributed by atoms with Crippen molar-refractivity contribution in [3.05, 3.63) is 24.0 Å². The van der Waals surface area contributed by atoms with Crippen molar-refractivity contribution in [1.82, 2.24) is 10.3 Å². The van der Waals surface area contributed by atoms with Gasteiger partial charge in [0.15, 0.2) is 0 Å². The van der Waals surface area contributed by atoms with E-state index >= 15 is 0 Å². The summed E-state index contributed by atoms with van der Waals surface area (Å²) >= 11 is 0. The molecule has 21 heavy (non-hydrogen) atoms. The quantitative estimate of drug-likeness (QED) is 0.818. The normalized spacial score (nSPS) is 18.6. The zero-order valence-electron chi connectivity index (χ0n) is 13.3. The van der Waals surface area contributed by atoms with Crippen LogP contribution >= 0.6 is 0 Å². The number of carbonyl (C=O) groups is 1. The van der Waals surface area contributed by atoms with Gasteiger partial charge in [-0.25, -0.2) is 4.98 Å². The lowest BCUT2D eigenvalue weighted by Crippen LogP contribution is -2.34. The average Bonchev–Trinajstić information content (AvgIpc) is 2.51. The predicted octanol–water partition coefficient (Wildman–Crippen LogP) is 3.24. The number of anilines is 1. The Morgan fingerprint density at radius 1 is 1.43 bits per heavy atom. The van der Waals surface area contributed by atoms with Gasteiger partial charge in [-0.2, -0.15) is 0 Å². The highest BCUT2D eigenvalue weighted by Gasteiger charge is 2.17. The number of unbranched alkanes of at least 4 members (excludes halogenated alkanes) is 2. The van der Waals surface area contributed by atoms with E-state index in [1.807, 2.05) is 18.3 Å². The third-order valence-electron chi connectivity index (χ3n) is 4.07. The standard InChI is InChI=1S/C17H27N3O/c1-3-4-5-10-18-17(21)16-9-8-15(12-19-16)20-11-6-7-14(2)13-20/h8-9,12,14H,3-7,10-11,13H2,1-2H3,(H,18,21). The van der Waals surface area contributed by atoms with Gasteiger partial charge in [0.05, 0.1) is 11.9 Å². The Kier molecular flexibility index (Phi) is 6.03. The van der Waals surface area contributed by atoms with Gasteiger partial charge in [-0.15, -0.1) is 0 Å². The van der Waals surface area contributed by atoms with E-state index in [2.05, 4.69) is 29.0 Å². The topological polar surface area (TPSA) is 45.2 Å². The van der Waals surface area contributed by atoms with Gasteiger partial charge in [0.1, 0.15) is 5.69 Å². The van der Waals surface area contributed by atoms with Gasteiger partial charge in [0.2, 0.25) is 0 Å². The second-order valence-corrected chi connectivity index (χ2v) is 6.06. The summed E-state index contributed by atoms with van der Waals surface area (Å²) in [5, 5.41) is 2.92. The summed E-state index contributed by atoms with van der Waals surface area (Å²) in [6, 6.07) is 3.86. The Balaban J connectivity index is 1.87. The van der Waals surface area contributed by atoms with Crippen LogP contribution in [0, 0.1) is 5.92 Å². The zero-order chi connectivity index (χ0) is 15.1. The van der Waals surface area contributed by atoms with Crippen LogP contribution in [0.15, 0.2) is 18.3 Å². The van der Waals surface area contributed by atoms with E-state index in [-0.39, 0.29) is 5.91 Å². The second kappa shape index (κ2) is 8.01. The highest BCUT2D eigenvalue weighted by Crippen LogP contribution is 2.22. The van der Waals surface area contributed by atoms with Crippen molar-refractivity contribution in [2.45, 2.75) is 46.0 Å². The molecule has 1 amide bonds. The SMILES string of the molecule is CCCCCNC(=O)c1ccc(N2CCCC(C)C2)cn1. The van der Waals surface area contributed by atoms with Crippen molar-refractivity contribution in [2.24, 2.45) is 5.92 Å². The van der Waals surface area contributed by atoms with E-state index in [1.165, 1.54) is 12.8 Å². The minimum atomic E-state index is -0.0651. The van der Waals surface area contributed by atoms with Crippen LogP contribution in [0.5, 0.6) is 0 Å². The number of nitrogens with zero attached hydrogens (tertiary/aromatic N) is 2. The van der Waals surface area contributed by atoms with Crippen LogP contribution in [0.25, 0.3) is 0 Å². The molecule has 1 saturated heterocycles. The highest BCUT2D eigenvalue weighted by molar-refractivity contribution is 5.92. The number of nitrogens with one attached hydrogen (secondary N) is 1. The monoisotopic (exact) mass is 289 g/mol. The number of piperidine rings is 1. The Hall–Kier alpha value is -1.58. The number of rotatable bonds is 6. The highest BCUT2D eigenvalue weighted by atomic mass is 16.1. The number of carbonyl (C=O) groups excluding carboxylic acids is 1. The second-order valence-electron chi connectivity index (χ2n) is 6.06. The number of hydrogen-bond donors (Lipinski definition) is 1. The van der Waals surface area contributed by atoms with E-state index in [0.29, 0.717) is 5.69 Å². The van der Waals surface area contributed by atoms with Crippen LogP contribution in [-0.4, -0.2) is 30.5 Å². The first kappa shape index (κ1) is 15.8. The third-order valence-corrected chi connectivity index (χ3v) is 4.07. The molecule has 0 saturated carbocycles. The molecule has 2 rings (SSSR count). The van der Waals surface area contributed by atoms with E-state index < -0.39 is 0 Å². The molecular weight excluding hydrogens is 262 g/mol. The summed E-state index contributed by atoms with van der Waals surface area (Å²) in [4.78, 5) is 18.6. The van der Waals surface area contributed by atoms with Gasteiger partial charge in [0, 0.05) is 19.6 Å². The molecule has 4 nitrogen and oxygen atoms in total. The van der Waals surface area contributed by atoms with Crippen molar-refractivity contribution in [2.75, 3.05) is 24.5 Å². The lowest BCUT2D eigenvalue weighted by molar-refractivity contribution is 0.0948. The van der Waals surface area contributed by atoms with Crippen molar-refractivity contribution in [1.29, 1.82) is 0 Å². The largest absolute Gasteiger partial charge is 0.370 e. The van der Waals surface area contributed by atoms with Crippen molar-refractivity contribution in [3.63, 3.8) is 0 Å². The van der Waals surface area contributed by atoms with Gasteiger partial charge in [-0.1, -0.05) is 26.7 Å². The van der Waals surface area contributed by atoms with Gasteiger partial charge in [-0.05, 0) is 37.3 Å². The third kappa shape index (κ3) is 4.73. The Morgan fingerprint density at radius 2 is 2.29 bits per heavy atom. The molecule has 0 spiro atoms. The summed E-state index contributed by atoms with van der Waals surface area (Å²) in [7, 11) is 0. The van der Waals surface area contributed by atoms with Crippen molar-refractivity contribution < 1.29 is 4.79 Å². The first-order valence-corrected chi connectivity index (χ1v) is 8.20. The maximum Gasteiger partial charge on any atom is 0.269 e. The first-order chi connectivity index (χ1) is 10.2. The summed E-state index contributed by atoms with van der Waals surface area (Å²) in [6.45, 7) is 7.36. The van der Waals surface area contributed by atoms with Gasteiger partial charge < -0.3 is 10.2 Å². The Morgan fingerprint density at radius 3 is 2.95 bits per heavy atom. The molecule has 1 fully saturated rings. The molecule has 4 heteroatoms. The lowest BCUT2D eigenvalue weighted by atomic mass is 10.00. The molecule has 1 aromatic heterocycles. The summed E-state index contributed by atoms with van der Waals surface area (Å²) in [6.07, 6.45) is 7.73. The molecule has 0 aromatic carbocycles. The average molecular weight is 289 g/mol. The molecule has 0 bridgehead atoms. The molecule has 1 aliphatic heterocycles. The number of hydrogen-bond acceptors (Lipinski definition) is 3. The lowest BCUT2D eigenvalue weighted by Gasteiger charge is -2.32. The number of pyridine rings is 1. The van der Waals surface area contributed by atoms with Gasteiger partial charge in [-0.3, -0.25) is 4.79 Å². The molecule has 1 N–H and O–H groups in total. The maximum absolute atomic E-state index is 12.0. The molecule has 1 atom stereocenters. The first-order valence-electron chi connectivity index (χ1n) is 8.20. The van der Waals surface area contributed by atoms with Crippen molar-refractivity contribution in [3.8, 4) is 0 Å².